The molecule has 2 aromatic rings. The van der Waals surface area contributed by atoms with Gasteiger partial charge in [0.2, 0.25) is 10.0 Å². The molecule has 1 heterocycles. The second-order valence-electron chi connectivity index (χ2n) is 3.98. The number of aromatic nitrogens is 2. The summed E-state index contributed by atoms with van der Waals surface area (Å²) in [4.78, 5) is 0.0291. The Kier molecular flexibility index (Phi) is 3.59. The normalized spacial score (nSPS) is 11.5. The van der Waals surface area contributed by atoms with Crippen molar-refractivity contribution >= 4 is 10.0 Å². The molecule has 0 spiro atoms. The number of primary sulfonamides is 1. The highest BCUT2D eigenvalue weighted by molar-refractivity contribution is 7.89. The van der Waals surface area contributed by atoms with Gasteiger partial charge in [-0.1, -0.05) is 0 Å². The molecule has 2 rings (SSSR count). The molecule has 0 aliphatic carbocycles. The van der Waals surface area contributed by atoms with Crippen LogP contribution in [0.15, 0.2) is 35.4 Å². The maximum atomic E-state index is 11.3. The molecule has 0 amide bonds. The van der Waals surface area contributed by atoms with Crippen LogP contribution in [0.4, 0.5) is 0 Å². The van der Waals surface area contributed by atoms with Gasteiger partial charge in [-0.2, -0.15) is 5.10 Å². The largest absolute Gasteiger partial charge is 0.494 e. The van der Waals surface area contributed by atoms with Crippen LogP contribution in [0.25, 0.3) is 5.69 Å². The number of nitrogens with zero attached hydrogens (tertiary/aromatic N) is 2. The number of hydrogen-bond acceptors (Lipinski definition) is 4. The van der Waals surface area contributed by atoms with E-state index in [4.69, 9.17) is 9.88 Å². The van der Waals surface area contributed by atoms with E-state index in [9.17, 15) is 8.42 Å². The van der Waals surface area contributed by atoms with Gasteiger partial charge in [0, 0.05) is 0 Å². The van der Waals surface area contributed by atoms with Crippen molar-refractivity contribution in [1.29, 1.82) is 0 Å². The van der Waals surface area contributed by atoms with Crippen LogP contribution in [0, 0.1) is 6.92 Å². The van der Waals surface area contributed by atoms with Gasteiger partial charge in [0.1, 0.15) is 10.6 Å². The standard InChI is InChI=1S/C12H15N3O3S/c1-3-18-11-6-4-10(5-7-11)15-9(2)12(8-14-15)19(13,16)17/h4-8H,3H2,1-2H3,(H2,13,16,17). The van der Waals surface area contributed by atoms with Gasteiger partial charge in [-0.05, 0) is 38.1 Å². The lowest BCUT2D eigenvalue weighted by Crippen LogP contribution is -2.13. The number of nitrogens with two attached hydrogens (primary N) is 1. The van der Waals surface area contributed by atoms with E-state index in [1.54, 1.807) is 31.2 Å². The van der Waals surface area contributed by atoms with Crippen LogP contribution in [-0.4, -0.2) is 24.8 Å². The Labute approximate surface area is 111 Å². The molecule has 1 aromatic carbocycles. The third-order valence-electron chi connectivity index (χ3n) is 2.66. The molecule has 0 aliphatic rings. The Morgan fingerprint density at radius 1 is 1.32 bits per heavy atom. The first kappa shape index (κ1) is 13.6. The summed E-state index contributed by atoms with van der Waals surface area (Å²) in [6.07, 6.45) is 1.25. The highest BCUT2D eigenvalue weighted by Crippen LogP contribution is 2.19. The Morgan fingerprint density at radius 3 is 2.42 bits per heavy atom. The number of hydrogen-bond donors (Lipinski definition) is 1. The molecule has 0 unspecified atom stereocenters. The van der Waals surface area contributed by atoms with E-state index < -0.39 is 10.0 Å². The van der Waals surface area contributed by atoms with Crippen LogP contribution in [0.1, 0.15) is 12.6 Å². The Morgan fingerprint density at radius 2 is 1.95 bits per heavy atom. The first-order chi connectivity index (χ1) is 8.93. The van der Waals surface area contributed by atoms with Crippen molar-refractivity contribution in [3.05, 3.63) is 36.2 Å². The van der Waals surface area contributed by atoms with E-state index in [1.807, 2.05) is 6.92 Å². The second-order valence-corrected chi connectivity index (χ2v) is 5.51. The Balaban J connectivity index is 2.40. The summed E-state index contributed by atoms with van der Waals surface area (Å²) in [7, 11) is -3.75. The molecular formula is C12H15N3O3S. The van der Waals surface area contributed by atoms with Crippen LogP contribution in [0.3, 0.4) is 0 Å². The molecule has 0 saturated heterocycles. The van der Waals surface area contributed by atoms with Gasteiger partial charge >= 0.3 is 0 Å². The van der Waals surface area contributed by atoms with Crippen molar-refractivity contribution in [3.63, 3.8) is 0 Å². The fourth-order valence-corrected chi connectivity index (χ4v) is 2.48. The summed E-state index contributed by atoms with van der Waals surface area (Å²) in [5, 5.41) is 9.16. The van der Waals surface area contributed by atoms with Crippen LogP contribution in [-0.2, 0) is 10.0 Å². The van der Waals surface area contributed by atoms with E-state index in [1.165, 1.54) is 10.9 Å². The zero-order chi connectivity index (χ0) is 14.0. The zero-order valence-corrected chi connectivity index (χ0v) is 11.5. The van der Waals surface area contributed by atoms with E-state index >= 15 is 0 Å². The van der Waals surface area contributed by atoms with E-state index in [0.29, 0.717) is 12.3 Å². The fraction of sp³-hybridized carbons (Fsp3) is 0.250. The van der Waals surface area contributed by atoms with Crippen LogP contribution in [0.2, 0.25) is 0 Å². The summed E-state index contributed by atoms with van der Waals surface area (Å²) < 4.78 is 29.5. The summed E-state index contributed by atoms with van der Waals surface area (Å²) in [6, 6.07) is 7.21. The van der Waals surface area contributed by atoms with Gasteiger partial charge in [-0.25, -0.2) is 18.2 Å². The second kappa shape index (κ2) is 5.02. The zero-order valence-electron chi connectivity index (χ0n) is 10.7. The third-order valence-corrected chi connectivity index (χ3v) is 3.68. The number of benzene rings is 1. The molecule has 1 aromatic heterocycles. The molecule has 0 fully saturated rings. The molecule has 0 radical (unpaired) electrons. The van der Waals surface area contributed by atoms with Crippen molar-refractivity contribution in [2.45, 2.75) is 18.7 Å². The third kappa shape index (κ3) is 2.77. The van der Waals surface area contributed by atoms with Crippen LogP contribution in [0.5, 0.6) is 5.75 Å². The number of sulfonamides is 1. The minimum atomic E-state index is -3.75. The highest BCUT2D eigenvalue weighted by atomic mass is 32.2. The molecule has 0 saturated carbocycles. The summed E-state index contributed by atoms with van der Waals surface area (Å²) in [5.74, 6) is 0.753. The summed E-state index contributed by atoms with van der Waals surface area (Å²) in [6.45, 7) is 4.16. The maximum absolute atomic E-state index is 11.3. The Bertz CT molecular complexity index is 675. The molecule has 2 N–H and O–H groups in total. The molecular weight excluding hydrogens is 266 g/mol. The molecule has 0 atom stereocenters. The quantitative estimate of drug-likeness (QED) is 0.913. The molecule has 19 heavy (non-hydrogen) atoms. The first-order valence-corrected chi connectivity index (χ1v) is 7.28. The van der Waals surface area contributed by atoms with Gasteiger partial charge in [-0.3, -0.25) is 0 Å². The van der Waals surface area contributed by atoms with Crippen molar-refractivity contribution < 1.29 is 13.2 Å². The lowest BCUT2D eigenvalue weighted by molar-refractivity contribution is 0.340. The Hall–Kier alpha value is -1.86. The minimum absolute atomic E-state index is 0.0291. The number of ether oxygens (including phenoxy) is 1. The molecule has 0 bridgehead atoms. The topological polar surface area (TPSA) is 87.2 Å². The lowest BCUT2D eigenvalue weighted by atomic mass is 10.3. The van der Waals surface area contributed by atoms with Crippen molar-refractivity contribution in [2.75, 3.05) is 6.61 Å². The predicted octanol–water partition coefficient (Wildman–Crippen LogP) is 1.23. The average Bonchev–Trinajstić information content (AvgIpc) is 2.72. The lowest BCUT2D eigenvalue weighted by Gasteiger charge is -2.07. The van der Waals surface area contributed by atoms with Gasteiger partial charge < -0.3 is 4.74 Å². The highest BCUT2D eigenvalue weighted by Gasteiger charge is 2.17. The maximum Gasteiger partial charge on any atom is 0.241 e. The van der Waals surface area contributed by atoms with Crippen LogP contribution < -0.4 is 9.88 Å². The molecule has 6 nitrogen and oxygen atoms in total. The van der Waals surface area contributed by atoms with Crippen molar-refractivity contribution in [1.82, 2.24) is 9.78 Å². The van der Waals surface area contributed by atoms with Gasteiger partial charge in [-0.15, -0.1) is 0 Å². The molecule has 102 valence electrons. The van der Waals surface area contributed by atoms with Gasteiger partial charge in [0.15, 0.2) is 0 Å². The minimum Gasteiger partial charge on any atom is -0.494 e. The van der Waals surface area contributed by atoms with E-state index in [-0.39, 0.29) is 4.90 Å². The van der Waals surface area contributed by atoms with Gasteiger partial charge in [0.05, 0.1) is 24.2 Å². The predicted molar refractivity (Wildman–Crippen MR) is 70.8 cm³/mol. The van der Waals surface area contributed by atoms with Gasteiger partial charge in [0.25, 0.3) is 0 Å². The molecule has 7 heteroatoms. The summed E-state index contributed by atoms with van der Waals surface area (Å²) >= 11 is 0. The summed E-state index contributed by atoms with van der Waals surface area (Å²) in [5.41, 5.74) is 1.22. The van der Waals surface area contributed by atoms with E-state index in [0.717, 1.165) is 11.4 Å². The van der Waals surface area contributed by atoms with Crippen molar-refractivity contribution in [2.24, 2.45) is 5.14 Å². The molecule has 0 aliphatic heterocycles. The average molecular weight is 281 g/mol. The SMILES string of the molecule is CCOc1ccc(-n2ncc(S(N)(=O)=O)c2C)cc1. The smallest absolute Gasteiger partial charge is 0.241 e. The first-order valence-electron chi connectivity index (χ1n) is 5.74. The fourth-order valence-electron chi connectivity index (χ4n) is 1.78. The van der Waals surface area contributed by atoms with Crippen molar-refractivity contribution in [3.8, 4) is 11.4 Å². The number of rotatable bonds is 4. The van der Waals surface area contributed by atoms with Crippen LogP contribution >= 0.6 is 0 Å². The van der Waals surface area contributed by atoms with E-state index in [2.05, 4.69) is 5.10 Å². The monoisotopic (exact) mass is 281 g/mol.